The molecule has 1 saturated carbocycles. The quantitative estimate of drug-likeness (QED) is 0.772. The van der Waals surface area contributed by atoms with Crippen molar-refractivity contribution in [2.45, 2.75) is 24.9 Å². The van der Waals surface area contributed by atoms with Gasteiger partial charge >= 0.3 is 0 Å². The highest BCUT2D eigenvalue weighted by Crippen LogP contribution is 2.40. The highest BCUT2D eigenvalue weighted by molar-refractivity contribution is 7.08. The predicted octanol–water partition coefficient (Wildman–Crippen LogP) is 1.44. The third-order valence-electron chi connectivity index (χ3n) is 2.98. The second kappa shape index (κ2) is 3.07. The van der Waals surface area contributed by atoms with Crippen molar-refractivity contribution in [1.82, 2.24) is 5.32 Å². The van der Waals surface area contributed by atoms with Gasteiger partial charge in [0.25, 0.3) is 0 Å². The number of amides is 1. The molecule has 0 radical (unpaired) electrons. The van der Waals surface area contributed by atoms with Crippen molar-refractivity contribution < 1.29 is 4.79 Å². The zero-order valence-electron chi connectivity index (χ0n) is 7.69. The SMILES string of the molecule is O=C(Nc1ccsc1)[C@@H]1C[C@H]2C[C@H]2N1. The Kier molecular flexibility index (Phi) is 1.85. The minimum Gasteiger partial charge on any atom is -0.324 e. The molecule has 2 aliphatic rings. The van der Waals surface area contributed by atoms with E-state index in [1.54, 1.807) is 11.3 Å². The van der Waals surface area contributed by atoms with Crippen LogP contribution in [-0.4, -0.2) is 18.0 Å². The largest absolute Gasteiger partial charge is 0.324 e. The van der Waals surface area contributed by atoms with Gasteiger partial charge < -0.3 is 10.6 Å². The average molecular weight is 208 g/mol. The lowest BCUT2D eigenvalue weighted by molar-refractivity contribution is -0.118. The number of thiophene rings is 1. The van der Waals surface area contributed by atoms with Gasteiger partial charge in [-0.1, -0.05) is 0 Å². The maximum absolute atomic E-state index is 11.7. The summed E-state index contributed by atoms with van der Waals surface area (Å²) in [4.78, 5) is 11.7. The van der Waals surface area contributed by atoms with E-state index in [-0.39, 0.29) is 11.9 Å². The Bertz CT molecular complexity index is 339. The first kappa shape index (κ1) is 8.44. The topological polar surface area (TPSA) is 41.1 Å². The zero-order chi connectivity index (χ0) is 9.54. The molecule has 1 aromatic rings. The van der Waals surface area contributed by atoms with E-state index in [0.717, 1.165) is 18.0 Å². The fraction of sp³-hybridized carbons (Fsp3) is 0.500. The third-order valence-corrected chi connectivity index (χ3v) is 3.66. The molecular formula is C10H12N2OS. The number of piperidine rings is 1. The molecule has 1 aromatic heterocycles. The summed E-state index contributed by atoms with van der Waals surface area (Å²) in [6.45, 7) is 0. The zero-order valence-corrected chi connectivity index (χ0v) is 8.51. The molecule has 2 heterocycles. The van der Waals surface area contributed by atoms with Crippen LogP contribution >= 0.6 is 11.3 Å². The van der Waals surface area contributed by atoms with Crippen molar-refractivity contribution in [1.29, 1.82) is 0 Å². The van der Waals surface area contributed by atoms with Crippen molar-refractivity contribution in [2.24, 2.45) is 5.92 Å². The molecule has 2 N–H and O–H groups in total. The van der Waals surface area contributed by atoms with Gasteiger partial charge in [-0.25, -0.2) is 0 Å². The second-order valence-electron chi connectivity index (χ2n) is 4.06. The van der Waals surface area contributed by atoms with Gasteiger partial charge in [0.05, 0.1) is 11.7 Å². The summed E-state index contributed by atoms with van der Waals surface area (Å²) >= 11 is 1.60. The van der Waals surface area contributed by atoms with Crippen LogP contribution in [0.2, 0.25) is 0 Å². The highest BCUT2D eigenvalue weighted by atomic mass is 32.1. The fourth-order valence-electron chi connectivity index (χ4n) is 2.09. The Labute approximate surface area is 86.5 Å². The summed E-state index contributed by atoms with van der Waals surface area (Å²) < 4.78 is 0. The normalized spacial score (nSPS) is 33.9. The Morgan fingerprint density at radius 2 is 2.50 bits per heavy atom. The minimum atomic E-state index is 0.0404. The Morgan fingerprint density at radius 1 is 1.57 bits per heavy atom. The van der Waals surface area contributed by atoms with Gasteiger partial charge in [-0.3, -0.25) is 4.79 Å². The molecule has 4 heteroatoms. The van der Waals surface area contributed by atoms with Crippen molar-refractivity contribution in [3.05, 3.63) is 16.8 Å². The molecule has 2 fully saturated rings. The van der Waals surface area contributed by atoms with Gasteiger partial charge in [-0.15, -0.1) is 0 Å². The molecule has 1 aliphatic carbocycles. The standard InChI is InChI=1S/C10H12N2OS/c13-10(11-7-1-2-14-5-7)9-4-6-3-8(6)12-9/h1-2,5-6,8-9,12H,3-4H2,(H,11,13)/t6-,8-,9+/m1/s1. The van der Waals surface area contributed by atoms with Crippen LogP contribution in [0.4, 0.5) is 5.69 Å². The number of anilines is 1. The molecule has 3 nitrogen and oxygen atoms in total. The molecular weight excluding hydrogens is 196 g/mol. The van der Waals surface area contributed by atoms with Crippen LogP contribution in [0.3, 0.4) is 0 Å². The summed E-state index contributed by atoms with van der Waals surface area (Å²) in [7, 11) is 0. The smallest absolute Gasteiger partial charge is 0.241 e. The monoisotopic (exact) mass is 208 g/mol. The van der Waals surface area contributed by atoms with Crippen molar-refractivity contribution in [3.63, 3.8) is 0 Å². The lowest BCUT2D eigenvalue weighted by atomic mass is 10.1. The molecule has 1 aliphatic heterocycles. The van der Waals surface area contributed by atoms with E-state index in [1.807, 2.05) is 16.8 Å². The van der Waals surface area contributed by atoms with Gasteiger partial charge in [-0.2, -0.15) is 11.3 Å². The Balaban J connectivity index is 1.60. The molecule has 1 saturated heterocycles. The number of carbonyl (C=O) groups excluding carboxylic acids is 1. The van der Waals surface area contributed by atoms with Gasteiger partial charge in [0.15, 0.2) is 0 Å². The summed E-state index contributed by atoms with van der Waals surface area (Å²) in [6, 6.07) is 2.60. The molecule has 0 bridgehead atoms. The number of carbonyl (C=O) groups is 1. The lowest BCUT2D eigenvalue weighted by Crippen LogP contribution is -2.37. The van der Waals surface area contributed by atoms with Gasteiger partial charge in [0.2, 0.25) is 5.91 Å². The Hall–Kier alpha value is -0.870. The molecule has 0 unspecified atom stereocenters. The molecule has 0 aromatic carbocycles. The summed E-state index contributed by atoms with van der Waals surface area (Å²) in [5, 5.41) is 10.2. The first-order valence-electron chi connectivity index (χ1n) is 4.92. The summed E-state index contributed by atoms with van der Waals surface area (Å²) in [5.74, 6) is 0.892. The molecule has 14 heavy (non-hydrogen) atoms. The summed E-state index contributed by atoms with van der Waals surface area (Å²) in [6.07, 6.45) is 2.28. The van der Waals surface area contributed by atoms with Crippen LogP contribution in [0.15, 0.2) is 16.8 Å². The number of hydrogen-bond acceptors (Lipinski definition) is 3. The van der Waals surface area contributed by atoms with Crippen LogP contribution in [0, 0.1) is 5.92 Å². The molecule has 3 atom stereocenters. The van der Waals surface area contributed by atoms with Crippen molar-refractivity contribution in [3.8, 4) is 0 Å². The maximum Gasteiger partial charge on any atom is 0.241 e. The number of rotatable bonds is 2. The molecule has 1 amide bonds. The number of fused-ring (bicyclic) bond motifs is 1. The third kappa shape index (κ3) is 1.44. The first-order valence-corrected chi connectivity index (χ1v) is 5.86. The second-order valence-corrected chi connectivity index (χ2v) is 4.84. The molecule has 74 valence electrons. The Morgan fingerprint density at radius 3 is 3.14 bits per heavy atom. The van der Waals surface area contributed by atoms with E-state index in [1.165, 1.54) is 6.42 Å². The number of nitrogens with one attached hydrogen (secondary N) is 2. The van der Waals surface area contributed by atoms with E-state index >= 15 is 0 Å². The lowest BCUT2D eigenvalue weighted by Gasteiger charge is -2.12. The average Bonchev–Trinajstić information content (AvgIpc) is 2.68. The van der Waals surface area contributed by atoms with Gasteiger partial charge in [0.1, 0.15) is 0 Å². The van der Waals surface area contributed by atoms with Crippen LogP contribution < -0.4 is 10.6 Å². The van der Waals surface area contributed by atoms with Gasteiger partial charge in [-0.05, 0) is 30.2 Å². The van der Waals surface area contributed by atoms with E-state index in [2.05, 4.69) is 10.6 Å². The minimum absolute atomic E-state index is 0.0404. The maximum atomic E-state index is 11.7. The van der Waals surface area contributed by atoms with Crippen molar-refractivity contribution >= 4 is 22.9 Å². The molecule has 3 rings (SSSR count). The van der Waals surface area contributed by atoms with Crippen LogP contribution in [0.1, 0.15) is 12.8 Å². The fourth-order valence-corrected chi connectivity index (χ4v) is 2.68. The van der Waals surface area contributed by atoms with E-state index < -0.39 is 0 Å². The first-order chi connectivity index (χ1) is 6.83. The highest BCUT2D eigenvalue weighted by Gasteiger charge is 2.47. The number of hydrogen-bond donors (Lipinski definition) is 2. The van der Waals surface area contributed by atoms with Crippen LogP contribution in [0.25, 0.3) is 0 Å². The van der Waals surface area contributed by atoms with Crippen molar-refractivity contribution in [2.75, 3.05) is 5.32 Å². The van der Waals surface area contributed by atoms with E-state index in [9.17, 15) is 4.79 Å². The van der Waals surface area contributed by atoms with Crippen LogP contribution in [0.5, 0.6) is 0 Å². The van der Waals surface area contributed by atoms with E-state index in [0.29, 0.717) is 6.04 Å². The summed E-state index contributed by atoms with van der Waals surface area (Å²) in [5.41, 5.74) is 0.919. The predicted molar refractivity (Wildman–Crippen MR) is 56.4 cm³/mol. The molecule has 0 spiro atoms. The van der Waals surface area contributed by atoms with Crippen LogP contribution in [-0.2, 0) is 4.79 Å². The van der Waals surface area contributed by atoms with E-state index in [4.69, 9.17) is 0 Å². The van der Waals surface area contributed by atoms with Gasteiger partial charge in [0, 0.05) is 11.4 Å².